The van der Waals surface area contributed by atoms with Crippen molar-refractivity contribution in [3.05, 3.63) is 41.2 Å². The van der Waals surface area contributed by atoms with E-state index in [-0.39, 0.29) is 12.1 Å². The van der Waals surface area contributed by atoms with Crippen LogP contribution in [0.3, 0.4) is 0 Å². The maximum atomic E-state index is 12.7. The Morgan fingerprint density at radius 3 is 2.71 bits per heavy atom. The van der Waals surface area contributed by atoms with Crippen molar-refractivity contribution in [3.8, 4) is 11.5 Å². The molecule has 0 bridgehead atoms. The van der Waals surface area contributed by atoms with Crippen molar-refractivity contribution in [1.29, 1.82) is 0 Å². The van der Waals surface area contributed by atoms with E-state index in [4.69, 9.17) is 21.1 Å². The highest BCUT2D eigenvalue weighted by Gasteiger charge is 2.28. The van der Waals surface area contributed by atoms with E-state index < -0.39 is 0 Å². The number of aromatic nitrogens is 1. The predicted octanol–water partition coefficient (Wildman–Crippen LogP) is 3.77. The van der Waals surface area contributed by atoms with Crippen molar-refractivity contribution in [3.63, 3.8) is 0 Å². The number of benzene rings is 1. The molecule has 2 amide bonds. The molecule has 128 valence electrons. The van der Waals surface area contributed by atoms with E-state index in [1.54, 1.807) is 17.0 Å². The lowest BCUT2D eigenvalue weighted by atomic mass is 10.1. The molecule has 2 heterocycles. The van der Waals surface area contributed by atoms with Gasteiger partial charge in [0, 0.05) is 31.0 Å². The highest BCUT2D eigenvalue weighted by Crippen LogP contribution is 2.36. The average Bonchev–Trinajstić information content (AvgIpc) is 3.05. The van der Waals surface area contributed by atoms with Crippen molar-refractivity contribution < 1.29 is 14.3 Å². The summed E-state index contributed by atoms with van der Waals surface area (Å²) in [6, 6.07) is 7.13. The number of amides is 2. The third-order valence-electron chi connectivity index (χ3n) is 4.32. The fourth-order valence-electron chi connectivity index (χ4n) is 3.00. The molecule has 0 unspecified atom stereocenters. The number of rotatable bonds is 3. The van der Waals surface area contributed by atoms with Crippen LogP contribution in [0.5, 0.6) is 11.5 Å². The van der Waals surface area contributed by atoms with Gasteiger partial charge in [0.25, 0.3) is 0 Å². The Hall–Kier alpha value is -2.34. The molecule has 2 aromatic rings. The van der Waals surface area contributed by atoms with Gasteiger partial charge in [-0.1, -0.05) is 11.6 Å². The van der Waals surface area contributed by atoms with Crippen LogP contribution in [0, 0.1) is 0 Å². The zero-order valence-electron chi connectivity index (χ0n) is 13.9. The second-order valence-corrected chi connectivity index (χ2v) is 6.02. The Morgan fingerprint density at radius 2 is 2.00 bits per heavy atom. The van der Waals surface area contributed by atoms with Gasteiger partial charge in [-0.25, -0.2) is 4.79 Å². The van der Waals surface area contributed by atoms with E-state index in [1.165, 1.54) is 14.2 Å². The molecular formula is C17H20ClN3O3. The molecule has 0 fully saturated rings. The number of fused-ring (bicyclic) bond motifs is 1. The molecule has 1 aromatic carbocycles. The Balaban J connectivity index is 1.82. The summed E-state index contributed by atoms with van der Waals surface area (Å²) < 4.78 is 12.7. The topological polar surface area (TPSA) is 55.7 Å². The van der Waals surface area contributed by atoms with Crippen LogP contribution in [0.15, 0.2) is 30.5 Å². The highest BCUT2D eigenvalue weighted by atomic mass is 35.5. The summed E-state index contributed by atoms with van der Waals surface area (Å²) >= 11 is 6.16. The van der Waals surface area contributed by atoms with Crippen LogP contribution in [0.25, 0.3) is 0 Å². The summed E-state index contributed by atoms with van der Waals surface area (Å²) in [5.41, 5.74) is 1.64. The second kappa shape index (κ2) is 6.65. The number of carbonyl (C=O) groups excluding carboxylic acids is 1. The number of hydrogen-bond acceptors (Lipinski definition) is 3. The molecule has 24 heavy (non-hydrogen) atoms. The number of hydrogen-bond donors (Lipinski definition) is 1. The molecule has 1 aliphatic heterocycles. The number of nitrogens with zero attached hydrogens (tertiary/aromatic N) is 2. The van der Waals surface area contributed by atoms with Gasteiger partial charge in [-0.15, -0.1) is 0 Å². The lowest BCUT2D eigenvalue weighted by molar-refractivity contribution is 0.175. The minimum absolute atomic E-state index is 0.00605. The van der Waals surface area contributed by atoms with Gasteiger partial charge in [-0.3, -0.25) is 0 Å². The summed E-state index contributed by atoms with van der Waals surface area (Å²) in [5, 5.41) is 3.30. The maximum Gasteiger partial charge on any atom is 0.322 e. The molecule has 0 radical (unpaired) electrons. The van der Waals surface area contributed by atoms with Gasteiger partial charge < -0.3 is 24.3 Å². The number of urea groups is 1. The molecule has 6 nitrogen and oxygen atoms in total. The van der Waals surface area contributed by atoms with Crippen molar-refractivity contribution in [2.75, 3.05) is 26.1 Å². The van der Waals surface area contributed by atoms with Gasteiger partial charge in [-0.2, -0.15) is 0 Å². The van der Waals surface area contributed by atoms with E-state index in [0.717, 1.165) is 12.2 Å². The zero-order chi connectivity index (χ0) is 17.3. The molecule has 7 heteroatoms. The fraction of sp³-hybridized carbons (Fsp3) is 0.353. The molecule has 0 aliphatic carbocycles. The summed E-state index contributed by atoms with van der Waals surface area (Å²) in [7, 11) is 3.07. The van der Waals surface area contributed by atoms with E-state index in [2.05, 4.69) is 9.88 Å². The van der Waals surface area contributed by atoms with Gasteiger partial charge in [-0.05, 0) is 25.1 Å². The molecule has 0 spiro atoms. The maximum absolute atomic E-state index is 12.7. The first-order valence-electron chi connectivity index (χ1n) is 7.69. The summed E-state index contributed by atoms with van der Waals surface area (Å²) in [6.07, 6.45) is 2.04. The molecular weight excluding hydrogens is 330 g/mol. The SMILES string of the molecule is COc1cc(OC)c(NC(=O)N2CCn3cccc3[C@H]2C)cc1Cl. The monoisotopic (exact) mass is 349 g/mol. The number of halogens is 1. The lowest BCUT2D eigenvalue weighted by Gasteiger charge is -2.35. The van der Waals surface area contributed by atoms with Gasteiger partial charge >= 0.3 is 6.03 Å². The van der Waals surface area contributed by atoms with Crippen LogP contribution in [-0.4, -0.2) is 36.3 Å². The van der Waals surface area contributed by atoms with E-state index in [1.807, 2.05) is 25.3 Å². The highest BCUT2D eigenvalue weighted by molar-refractivity contribution is 6.32. The van der Waals surface area contributed by atoms with Crippen LogP contribution in [0.1, 0.15) is 18.7 Å². The predicted molar refractivity (Wildman–Crippen MR) is 93.1 cm³/mol. The van der Waals surface area contributed by atoms with Crippen LogP contribution in [0.2, 0.25) is 5.02 Å². The van der Waals surface area contributed by atoms with Crippen molar-refractivity contribution >= 4 is 23.3 Å². The van der Waals surface area contributed by atoms with Gasteiger partial charge in [0.2, 0.25) is 0 Å². The first-order chi connectivity index (χ1) is 11.5. The molecule has 1 aromatic heterocycles. The Kier molecular flexibility index (Phi) is 4.57. The number of carbonyl (C=O) groups is 1. The normalized spacial score (nSPS) is 16.5. The van der Waals surface area contributed by atoms with Crippen molar-refractivity contribution in [2.24, 2.45) is 0 Å². The number of anilines is 1. The zero-order valence-corrected chi connectivity index (χ0v) is 14.6. The summed E-state index contributed by atoms with van der Waals surface area (Å²) in [6.45, 7) is 3.43. The number of methoxy groups -OCH3 is 2. The van der Waals surface area contributed by atoms with Crippen LogP contribution < -0.4 is 14.8 Å². The molecule has 1 N–H and O–H groups in total. The Bertz CT molecular complexity index is 760. The van der Waals surface area contributed by atoms with Crippen LogP contribution in [-0.2, 0) is 6.54 Å². The fourth-order valence-corrected chi connectivity index (χ4v) is 3.24. The Morgan fingerprint density at radius 1 is 1.25 bits per heavy atom. The molecule has 0 saturated carbocycles. The first kappa shape index (κ1) is 16.5. The van der Waals surface area contributed by atoms with Gasteiger partial charge in [0.1, 0.15) is 11.5 Å². The summed E-state index contributed by atoms with van der Waals surface area (Å²) in [4.78, 5) is 14.5. The number of nitrogens with one attached hydrogen (secondary N) is 1. The quantitative estimate of drug-likeness (QED) is 0.917. The minimum Gasteiger partial charge on any atom is -0.495 e. The standard InChI is InChI=1S/C17H20ClN3O3/c1-11-14-5-4-6-20(14)7-8-21(11)17(22)19-13-9-12(18)15(23-2)10-16(13)24-3/h4-6,9-11H,7-8H2,1-3H3,(H,19,22)/t11-/m1/s1. The first-order valence-corrected chi connectivity index (χ1v) is 8.07. The summed E-state index contributed by atoms with van der Waals surface area (Å²) in [5.74, 6) is 0.994. The average molecular weight is 350 g/mol. The van der Waals surface area contributed by atoms with E-state index >= 15 is 0 Å². The van der Waals surface area contributed by atoms with Crippen LogP contribution >= 0.6 is 11.6 Å². The number of ether oxygens (including phenoxy) is 2. The van der Waals surface area contributed by atoms with Crippen molar-refractivity contribution in [1.82, 2.24) is 9.47 Å². The Labute approximate surface area is 145 Å². The third-order valence-corrected chi connectivity index (χ3v) is 4.61. The van der Waals surface area contributed by atoms with E-state index in [0.29, 0.717) is 28.8 Å². The smallest absolute Gasteiger partial charge is 0.322 e. The van der Waals surface area contributed by atoms with E-state index in [9.17, 15) is 4.79 Å². The van der Waals surface area contributed by atoms with Gasteiger partial charge in [0.05, 0.1) is 31.0 Å². The van der Waals surface area contributed by atoms with Crippen molar-refractivity contribution in [2.45, 2.75) is 19.5 Å². The molecule has 1 atom stereocenters. The third kappa shape index (κ3) is 2.89. The molecule has 1 aliphatic rings. The molecule has 3 rings (SSSR count). The molecule has 0 saturated heterocycles. The second-order valence-electron chi connectivity index (χ2n) is 5.61. The largest absolute Gasteiger partial charge is 0.495 e. The minimum atomic E-state index is -0.186. The van der Waals surface area contributed by atoms with Crippen LogP contribution in [0.4, 0.5) is 10.5 Å². The lowest BCUT2D eigenvalue weighted by Crippen LogP contribution is -2.43. The van der Waals surface area contributed by atoms with Gasteiger partial charge in [0.15, 0.2) is 0 Å².